The summed E-state index contributed by atoms with van der Waals surface area (Å²) in [5.41, 5.74) is 4.40. The van der Waals surface area contributed by atoms with Crippen LogP contribution in [0.4, 0.5) is 5.82 Å². The number of Topliss-reactive ketones (excluding diaryl/α,β-unsaturated/α-hetero) is 1. The number of aliphatic hydroxyl groups is 5. The molecule has 2 unspecified atom stereocenters. The highest BCUT2D eigenvalue weighted by molar-refractivity contribution is 7.59. The monoisotopic (exact) mass is 533 g/mol. The molecule has 0 amide bonds. The Morgan fingerprint density at radius 2 is 1.85 bits per heavy atom. The molecule has 1 saturated heterocycles. The van der Waals surface area contributed by atoms with Crippen molar-refractivity contribution in [3.8, 4) is 0 Å². The summed E-state index contributed by atoms with van der Waals surface area (Å²) in [5.74, 6) is -1.40. The van der Waals surface area contributed by atoms with Crippen molar-refractivity contribution in [2.45, 2.75) is 36.7 Å². The van der Waals surface area contributed by atoms with Crippen LogP contribution in [0.5, 0.6) is 0 Å². The minimum absolute atomic E-state index is 0.134. The molecule has 18 nitrogen and oxygen atoms in total. The maximum atomic E-state index is 11.9. The molecule has 194 valence electrons. The van der Waals surface area contributed by atoms with Gasteiger partial charge in [-0.1, -0.05) is 0 Å². The fraction of sp³-hybridized carbons (Fsp3) is 0.643. The molecule has 0 radical (unpaired) electrons. The lowest BCUT2D eigenvalue weighted by atomic mass is 10.1. The van der Waals surface area contributed by atoms with E-state index in [1.807, 2.05) is 0 Å². The van der Waals surface area contributed by atoms with Gasteiger partial charge in [-0.3, -0.25) is 18.5 Å². The number of rotatable bonds is 12. The quantitative estimate of drug-likeness (QED) is 0.137. The van der Waals surface area contributed by atoms with Crippen LogP contribution < -0.4 is 21.2 Å². The van der Waals surface area contributed by atoms with E-state index in [2.05, 4.69) is 18.3 Å². The molecule has 1 aliphatic heterocycles. The third kappa shape index (κ3) is 7.43. The SMILES string of the molecule is Nc1ccn([C@@H]2O[C@H](COP(=O)([O-])OP(=O)([O-])OC[C@@H](O)[C@@H](O)C(=O)CO)[C@@H](O)[C@H]2O)c(=O)n1. The van der Waals surface area contributed by atoms with Crippen LogP contribution in [0.15, 0.2) is 17.1 Å². The first-order valence-corrected chi connectivity index (χ1v) is 12.1. The van der Waals surface area contributed by atoms with E-state index in [0.29, 0.717) is 0 Å². The summed E-state index contributed by atoms with van der Waals surface area (Å²) in [6, 6.07) is 1.19. The first kappa shape index (κ1) is 28.6. The topological polar surface area (TPSA) is 296 Å². The molecule has 1 aromatic rings. The van der Waals surface area contributed by atoms with Gasteiger partial charge in [0, 0.05) is 6.20 Å². The number of aromatic nitrogens is 2. The van der Waals surface area contributed by atoms with E-state index in [-0.39, 0.29) is 5.82 Å². The van der Waals surface area contributed by atoms with Crippen LogP contribution in [-0.4, -0.2) is 91.2 Å². The minimum Gasteiger partial charge on any atom is -0.756 e. The van der Waals surface area contributed by atoms with Crippen molar-refractivity contribution in [2.24, 2.45) is 0 Å². The van der Waals surface area contributed by atoms with Crippen LogP contribution in [0.1, 0.15) is 6.23 Å². The molecule has 8 atom stereocenters. The average Bonchev–Trinajstić information content (AvgIpc) is 3.03. The number of ketones is 1. The molecule has 7 N–H and O–H groups in total. The van der Waals surface area contributed by atoms with E-state index < -0.39 is 83.7 Å². The van der Waals surface area contributed by atoms with Gasteiger partial charge in [-0.05, 0) is 6.07 Å². The fourth-order valence-corrected chi connectivity index (χ4v) is 4.64. The Bertz CT molecular complexity index is 1020. The zero-order valence-electron chi connectivity index (χ0n) is 16.9. The van der Waals surface area contributed by atoms with Crippen LogP contribution in [0, 0.1) is 0 Å². The number of nitrogens with two attached hydrogens (primary N) is 1. The average molecular weight is 533 g/mol. The maximum absolute atomic E-state index is 11.9. The number of carbonyl (C=O) groups is 1. The molecule has 1 fully saturated rings. The summed E-state index contributed by atoms with van der Waals surface area (Å²) in [6.07, 6.45) is -9.89. The summed E-state index contributed by atoms with van der Waals surface area (Å²) in [6.45, 7) is -3.54. The van der Waals surface area contributed by atoms with Gasteiger partial charge in [-0.15, -0.1) is 0 Å². The number of phosphoric ester groups is 2. The zero-order chi connectivity index (χ0) is 25.8. The Balaban J connectivity index is 1.94. The molecule has 34 heavy (non-hydrogen) atoms. The summed E-state index contributed by atoms with van der Waals surface area (Å²) < 4.78 is 41.6. The van der Waals surface area contributed by atoms with E-state index in [9.17, 15) is 48.9 Å². The summed E-state index contributed by atoms with van der Waals surface area (Å²) in [5, 5.41) is 47.4. The summed E-state index contributed by atoms with van der Waals surface area (Å²) in [4.78, 5) is 49.8. The van der Waals surface area contributed by atoms with Crippen LogP contribution >= 0.6 is 15.6 Å². The number of aliphatic hydroxyl groups excluding tert-OH is 5. The van der Waals surface area contributed by atoms with Crippen LogP contribution in [0.3, 0.4) is 0 Å². The lowest BCUT2D eigenvalue weighted by Gasteiger charge is -2.32. The Labute approximate surface area is 190 Å². The van der Waals surface area contributed by atoms with E-state index in [1.54, 1.807) is 0 Å². The van der Waals surface area contributed by atoms with E-state index >= 15 is 0 Å². The van der Waals surface area contributed by atoms with Gasteiger partial charge in [0.2, 0.25) is 0 Å². The summed E-state index contributed by atoms with van der Waals surface area (Å²) >= 11 is 0. The molecule has 1 aromatic heterocycles. The van der Waals surface area contributed by atoms with Crippen molar-refractivity contribution in [2.75, 3.05) is 25.6 Å². The first-order chi connectivity index (χ1) is 15.7. The molecule has 1 aliphatic rings. The molecule has 0 spiro atoms. The standard InChI is InChI=1S/C14H23N3O15P2/c15-9-1-2-17(14(24)16-9)13-12(23)11(22)8(31-13)5-30-34(27,28)32-33(25,26)29-4-7(20)10(21)6(19)3-18/h1-2,7-8,10-13,18,20-23H,3-5H2,(H,25,26)(H,27,28)(H2,15,16,24)/p-2/t7-,8-,10+,11-,12-,13-/m1/s1. The molecule has 2 heterocycles. The van der Waals surface area contributed by atoms with Gasteiger partial charge in [0.1, 0.15) is 42.9 Å². The smallest absolute Gasteiger partial charge is 0.351 e. The van der Waals surface area contributed by atoms with E-state index in [0.717, 1.165) is 10.8 Å². The Morgan fingerprint density at radius 1 is 1.24 bits per heavy atom. The van der Waals surface area contributed by atoms with E-state index in [4.69, 9.17) is 15.6 Å². The largest absolute Gasteiger partial charge is 0.756 e. The van der Waals surface area contributed by atoms with Gasteiger partial charge >= 0.3 is 5.69 Å². The zero-order valence-corrected chi connectivity index (χ0v) is 18.7. The Hall–Kier alpha value is -1.63. The van der Waals surface area contributed by atoms with Crippen LogP contribution in [0.25, 0.3) is 0 Å². The molecule has 0 aromatic carbocycles. The minimum atomic E-state index is -5.72. The lowest BCUT2D eigenvalue weighted by molar-refractivity contribution is -0.246. The van der Waals surface area contributed by atoms with Gasteiger partial charge in [0.15, 0.2) is 12.0 Å². The van der Waals surface area contributed by atoms with Crippen molar-refractivity contribution in [3.63, 3.8) is 0 Å². The second-order valence-electron chi connectivity index (χ2n) is 6.79. The van der Waals surface area contributed by atoms with Crippen LogP contribution in [0.2, 0.25) is 0 Å². The van der Waals surface area contributed by atoms with Crippen molar-refractivity contribution >= 4 is 27.2 Å². The number of hydrogen-bond acceptors (Lipinski definition) is 17. The predicted octanol–water partition coefficient (Wildman–Crippen LogP) is -5.29. The normalized spacial score (nSPS) is 28.1. The third-order valence-electron chi connectivity index (χ3n) is 4.31. The number of nitrogens with zero attached hydrogens (tertiary/aromatic N) is 2. The number of phosphoric acid groups is 2. The highest BCUT2D eigenvalue weighted by atomic mass is 31.3. The number of hydrogen-bond donors (Lipinski definition) is 6. The van der Waals surface area contributed by atoms with Gasteiger partial charge in [0.25, 0.3) is 15.6 Å². The highest BCUT2D eigenvalue weighted by Crippen LogP contribution is 2.55. The first-order valence-electron chi connectivity index (χ1n) is 9.16. The second kappa shape index (κ2) is 11.4. The molecule has 2 rings (SSSR count). The number of carbonyl (C=O) groups excluding carboxylic acids is 1. The number of ether oxygens (including phenoxy) is 1. The van der Waals surface area contributed by atoms with E-state index in [1.165, 1.54) is 6.07 Å². The fourth-order valence-electron chi connectivity index (χ4n) is 2.62. The molecule has 0 saturated carbocycles. The van der Waals surface area contributed by atoms with Gasteiger partial charge in [0.05, 0.1) is 13.2 Å². The van der Waals surface area contributed by atoms with Crippen molar-refractivity contribution in [1.82, 2.24) is 9.55 Å². The molecule has 20 heteroatoms. The molecule has 0 bridgehead atoms. The second-order valence-corrected chi connectivity index (χ2v) is 9.75. The van der Waals surface area contributed by atoms with Crippen LogP contribution in [-0.2, 0) is 32.0 Å². The van der Waals surface area contributed by atoms with Crippen molar-refractivity contribution < 1.29 is 67.3 Å². The van der Waals surface area contributed by atoms with Gasteiger partial charge < -0.3 is 54.8 Å². The lowest BCUT2D eigenvalue weighted by Crippen LogP contribution is -2.38. The van der Waals surface area contributed by atoms with Crippen molar-refractivity contribution in [3.05, 3.63) is 22.7 Å². The summed E-state index contributed by atoms with van der Waals surface area (Å²) in [7, 11) is -11.4. The van der Waals surface area contributed by atoms with Crippen molar-refractivity contribution in [1.29, 1.82) is 0 Å². The predicted molar refractivity (Wildman–Crippen MR) is 101 cm³/mol. The Morgan fingerprint density at radius 3 is 2.44 bits per heavy atom. The molecular weight excluding hydrogens is 512 g/mol. The molecule has 0 aliphatic carbocycles. The highest BCUT2D eigenvalue weighted by Gasteiger charge is 2.44. The maximum Gasteiger partial charge on any atom is 0.351 e. The van der Waals surface area contributed by atoms with Gasteiger partial charge in [-0.25, -0.2) is 9.11 Å². The third-order valence-corrected chi connectivity index (χ3v) is 6.84. The number of nitrogen functional groups attached to an aromatic ring is 1. The number of anilines is 1. The van der Waals surface area contributed by atoms with Gasteiger partial charge in [-0.2, -0.15) is 4.98 Å². The Kier molecular flexibility index (Phi) is 9.59. The molecular formula is C14H21N3O15P2-2.